The summed E-state index contributed by atoms with van der Waals surface area (Å²) in [6, 6.07) is 0. The molecule has 188 valence electrons. The van der Waals surface area contributed by atoms with Crippen molar-refractivity contribution in [1.29, 1.82) is 0 Å². The summed E-state index contributed by atoms with van der Waals surface area (Å²) in [5, 5.41) is 10.7. The van der Waals surface area contributed by atoms with Crippen molar-refractivity contribution in [2.24, 2.45) is 5.92 Å². The SMILES string of the molecule is C=C1[C@@H](C[C@H](OC(=O)/C(C)=C\C)C(C)(C)O)O[C@]2(OC)C(=O)C(C)=C[C@@H](OC(=O)/C(C)=C\C)[C@H]12. The van der Waals surface area contributed by atoms with Gasteiger partial charge in [0.25, 0.3) is 0 Å². The summed E-state index contributed by atoms with van der Waals surface area (Å²) in [5.74, 6) is -4.07. The highest BCUT2D eigenvalue weighted by Gasteiger charge is 2.62. The molecule has 0 amide bonds. The highest BCUT2D eigenvalue weighted by Crippen LogP contribution is 2.49. The van der Waals surface area contributed by atoms with Crippen LogP contribution in [0.5, 0.6) is 0 Å². The first-order chi connectivity index (χ1) is 15.7. The van der Waals surface area contributed by atoms with Gasteiger partial charge in [0.1, 0.15) is 12.2 Å². The summed E-state index contributed by atoms with van der Waals surface area (Å²) < 4.78 is 23.1. The van der Waals surface area contributed by atoms with E-state index in [-0.39, 0.29) is 6.42 Å². The number of Topliss-reactive ketones (excluding diaryl/α,β-unsaturated/α-hetero) is 1. The average molecular weight is 477 g/mol. The third-order valence-electron chi connectivity index (χ3n) is 6.48. The maximum absolute atomic E-state index is 13.2. The predicted octanol–water partition coefficient (Wildman–Crippen LogP) is 3.35. The molecule has 1 saturated heterocycles. The lowest BCUT2D eigenvalue weighted by molar-refractivity contribution is -0.235. The Labute approximate surface area is 201 Å². The molecule has 1 aliphatic carbocycles. The zero-order chi connectivity index (χ0) is 26.0. The van der Waals surface area contributed by atoms with Gasteiger partial charge in [-0.2, -0.15) is 0 Å². The Kier molecular flexibility index (Phi) is 8.45. The molecule has 8 nitrogen and oxygen atoms in total. The first kappa shape index (κ1) is 27.7. The maximum atomic E-state index is 13.2. The monoisotopic (exact) mass is 476 g/mol. The van der Waals surface area contributed by atoms with Gasteiger partial charge in [-0.05, 0) is 65.7 Å². The summed E-state index contributed by atoms with van der Waals surface area (Å²) in [6.07, 6.45) is 2.20. The molecule has 0 saturated carbocycles. The second-order valence-electron chi connectivity index (χ2n) is 9.31. The molecule has 1 aliphatic heterocycles. The van der Waals surface area contributed by atoms with Crippen LogP contribution in [0.15, 0.2) is 47.1 Å². The molecular weight excluding hydrogens is 440 g/mol. The zero-order valence-electron chi connectivity index (χ0n) is 21.3. The maximum Gasteiger partial charge on any atom is 0.333 e. The van der Waals surface area contributed by atoms with Gasteiger partial charge in [-0.1, -0.05) is 18.7 Å². The largest absolute Gasteiger partial charge is 0.456 e. The van der Waals surface area contributed by atoms with Crippen LogP contribution in [0, 0.1) is 5.92 Å². The fourth-order valence-electron chi connectivity index (χ4n) is 4.04. The van der Waals surface area contributed by atoms with Crippen molar-refractivity contribution >= 4 is 17.7 Å². The Hall–Kier alpha value is -2.55. The number of ketones is 1. The fraction of sp³-hybridized carbons (Fsp3) is 0.577. The van der Waals surface area contributed by atoms with E-state index in [4.69, 9.17) is 18.9 Å². The van der Waals surface area contributed by atoms with Crippen molar-refractivity contribution in [1.82, 2.24) is 0 Å². The molecule has 34 heavy (non-hydrogen) atoms. The second kappa shape index (κ2) is 10.4. The number of hydrogen-bond acceptors (Lipinski definition) is 8. The van der Waals surface area contributed by atoms with Crippen LogP contribution in [-0.4, -0.2) is 59.6 Å². The van der Waals surface area contributed by atoms with Crippen LogP contribution in [0.1, 0.15) is 54.9 Å². The number of aliphatic hydroxyl groups is 1. The van der Waals surface area contributed by atoms with Crippen LogP contribution in [0.4, 0.5) is 0 Å². The summed E-state index contributed by atoms with van der Waals surface area (Å²) in [6.45, 7) is 15.5. The van der Waals surface area contributed by atoms with E-state index in [1.54, 1.807) is 52.8 Å². The van der Waals surface area contributed by atoms with Crippen molar-refractivity contribution in [3.05, 3.63) is 47.1 Å². The highest BCUT2D eigenvalue weighted by atomic mass is 16.7. The van der Waals surface area contributed by atoms with E-state index in [0.717, 1.165) is 0 Å². The molecule has 5 atom stereocenters. The van der Waals surface area contributed by atoms with E-state index >= 15 is 0 Å². The van der Waals surface area contributed by atoms with Crippen molar-refractivity contribution in [2.75, 3.05) is 7.11 Å². The van der Waals surface area contributed by atoms with Crippen LogP contribution < -0.4 is 0 Å². The van der Waals surface area contributed by atoms with E-state index < -0.39 is 53.3 Å². The van der Waals surface area contributed by atoms with Crippen molar-refractivity contribution in [3.63, 3.8) is 0 Å². The van der Waals surface area contributed by atoms with Crippen LogP contribution in [0.2, 0.25) is 0 Å². The Morgan fingerprint density at radius 2 is 1.79 bits per heavy atom. The third-order valence-corrected chi connectivity index (χ3v) is 6.48. The number of fused-ring (bicyclic) bond motifs is 1. The number of hydrogen-bond donors (Lipinski definition) is 1. The summed E-state index contributed by atoms with van der Waals surface area (Å²) in [7, 11) is 1.35. The molecule has 0 aromatic heterocycles. The lowest BCUT2D eigenvalue weighted by atomic mass is 9.77. The van der Waals surface area contributed by atoms with Crippen molar-refractivity contribution in [3.8, 4) is 0 Å². The van der Waals surface area contributed by atoms with Gasteiger partial charge >= 0.3 is 11.9 Å². The average Bonchev–Trinajstić information content (AvgIpc) is 3.07. The van der Waals surface area contributed by atoms with Gasteiger partial charge in [-0.3, -0.25) is 4.79 Å². The second-order valence-corrected chi connectivity index (χ2v) is 9.31. The van der Waals surface area contributed by atoms with Gasteiger partial charge in [0, 0.05) is 24.7 Å². The number of allylic oxidation sites excluding steroid dienone is 2. The van der Waals surface area contributed by atoms with Crippen molar-refractivity contribution in [2.45, 2.75) is 84.6 Å². The molecule has 0 aromatic carbocycles. The predicted molar refractivity (Wildman–Crippen MR) is 126 cm³/mol. The summed E-state index contributed by atoms with van der Waals surface area (Å²) in [5.41, 5.74) is 0.178. The molecule has 1 fully saturated rings. The van der Waals surface area contributed by atoms with Crippen LogP contribution in [0.3, 0.4) is 0 Å². The summed E-state index contributed by atoms with van der Waals surface area (Å²) in [4.78, 5) is 38.1. The standard InChI is InChI=1S/C26H36O8/c1-10-14(3)23(28)32-19-12-16(5)22(27)26(31-9)21(19)17(6)18(34-26)13-20(25(7,8)30)33-24(29)15(4)11-2/h10-12,18-21,30H,6,13H2,1-5,7-9H3/b14-10-,15-11-/t18-,19-,20+,21+,26+/m1/s1. The first-order valence-electron chi connectivity index (χ1n) is 11.3. The van der Waals surface area contributed by atoms with Gasteiger partial charge < -0.3 is 24.1 Å². The van der Waals surface area contributed by atoms with Gasteiger partial charge in [-0.25, -0.2) is 9.59 Å². The Balaban J connectivity index is 2.42. The Morgan fingerprint density at radius 3 is 2.29 bits per heavy atom. The number of methoxy groups -OCH3 is 1. The lowest BCUT2D eigenvalue weighted by Gasteiger charge is -2.38. The zero-order valence-corrected chi connectivity index (χ0v) is 21.3. The minimum Gasteiger partial charge on any atom is -0.456 e. The van der Waals surface area contributed by atoms with E-state index in [9.17, 15) is 19.5 Å². The normalized spacial score (nSPS) is 28.9. The minimum absolute atomic E-state index is 0.0214. The van der Waals surface area contributed by atoms with Gasteiger partial charge in [0.2, 0.25) is 11.6 Å². The van der Waals surface area contributed by atoms with Gasteiger partial charge in [-0.15, -0.1) is 0 Å². The van der Waals surface area contributed by atoms with E-state index in [1.807, 2.05) is 0 Å². The fourth-order valence-corrected chi connectivity index (χ4v) is 4.04. The molecule has 2 aliphatic rings. The van der Waals surface area contributed by atoms with Crippen LogP contribution >= 0.6 is 0 Å². The molecule has 1 heterocycles. The third kappa shape index (κ3) is 5.24. The van der Waals surface area contributed by atoms with Crippen molar-refractivity contribution < 1.29 is 38.4 Å². The number of carbonyl (C=O) groups is 3. The van der Waals surface area contributed by atoms with E-state index in [2.05, 4.69) is 6.58 Å². The quantitative estimate of drug-likeness (QED) is 0.323. The number of carbonyl (C=O) groups excluding carboxylic acids is 3. The topological polar surface area (TPSA) is 108 Å². The van der Waals surface area contributed by atoms with Gasteiger partial charge in [0.05, 0.1) is 17.6 Å². The van der Waals surface area contributed by atoms with E-state index in [0.29, 0.717) is 22.3 Å². The molecule has 1 N–H and O–H groups in total. The lowest BCUT2D eigenvalue weighted by Crippen LogP contribution is -2.54. The molecule has 2 rings (SSSR count). The highest BCUT2D eigenvalue weighted by molar-refractivity contribution is 6.02. The molecule has 0 aromatic rings. The number of esters is 2. The number of rotatable bonds is 8. The van der Waals surface area contributed by atoms with Crippen LogP contribution in [0.25, 0.3) is 0 Å². The molecule has 0 radical (unpaired) electrons. The van der Waals surface area contributed by atoms with E-state index in [1.165, 1.54) is 21.0 Å². The smallest absolute Gasteiger partial charge is 0.333 e. The molecule has 0 spiro atoms. The molecule has 0 bridgehead atoms. The number of ether oxygens (including phenoxy) is 4. The van der Waals surface area contributed by atoms with Gasteiger partial charge in [0.15, 0.2) is 0 Å². The minimum atomic E-state index is -1.75. The Morgan fingerprint density at radius 1 is 1.24 bits per heavy atom. The van der Waals surface area contributed by atoms with Crippen LogP contribution in [-0.2, 0) is 33.3 Å². The first-order valence-corrected chi connectivity index (χ1v) is 11.3. The summed E-state index contributed by atoms with van der Waals surface area (Å²) >= 11 is 0. The molecular formula is C26H36O8. The molecule has 0 unspecified atom stereocenters. The molecule has 8 heteroatoms. The Bertz CT molecular complexity index is 948.